The highest BCUT2D eigenvalue weighted by atomic mass is 79.9. The molecule has 0 spiro atoms. The molecule has 1 aliphatic carbocycles. The summed E-state index contributed by atoms with van der Waals surface area (Å²) in [6, 6.07) is 13.8. The molecule has 3 rings (SSSR count). The summed E-state index contributed by atoms with van der Waals surface area (Å²) in [5.74, 6) is 0.229. The van der Waals surface area contributed by atoms with Gasteiger partial charge in [0.15, 0.2) is 0 Å². The van der Waals surface area contributed by atoms with E-state index in [0.717, 1.165) is 12.1 Å². The van der Waals surface area contributed by atoms with Crippen molar-refractivity contribution in [2.75, 3.05) is 0 Å². The molecule has 0 atom stereocenters. The first kappa shape index (κ1) is 14.5. The molecule has 110 valence electrons. The molecule has 0 radical (unpaired) electrons. The van der Waals surface area contributed by atoms with Crippen molar-refractivity contribution in [3.05, 3.63) is 63.9 Å². The second-order valence-electron chi connectivity index (χ2n) is 5.34. The lowest BCUT2D eigenvalue weighted by Gasteiger charge is -2.09. The Kier molecular flexibility index (Phi) is 4.56. The molecule has 1 N–H and O–H groups in total. The lowest BCUT2D eigenvalue weighted by molar-refractivity contribution is 0.304. The van der Waals surface area contributed by atoms with Gasteiger partial charge in [0.25, 0.3) is 0 Å². The average molecular weight is 350 g/mol. The Morgan fingerprint density at radius 3 is 2.71 bits per heavy atom. The highest BCUT2D eigenvalue weighted by Gasteiger charge is 2.19. The first-order valence-corrected chi connectivity index (χ1v) is 7.89. The van der Waals surface area contributed by atoms with Crippen molar-refractivity contribution in [2.24, 2.45) is 0 Å². The van der Waals surface area contributed by atoms with Crippen LogP contribution in [0.25, 0.3) is 0 Å². The van der Waals surface area contributed by atoms with Crippen LogP contribution in [0.3, 0.4) is 0 Å². The lowest BCUT2D eigenvalue weighted by Crippen LogP contribution is -2.15. The maximum Gasteiger partial charge on any atom is 0.141 e. The fourth-order valence-electron chi connectivity index (χ4n) is 2.11. The van der Waals surface area contributed by atoms with Crippen LogP contribution < -0.4 is 10.1 Å². The number of ether oxygens (including phenoxy) is 1. The molecule has 0 bridgehead atoms. The minimum Gasteiger partial charge on any atom is -0.489 e. The van der Waals surface area contributed by atoms with E-state index in [9.17, 15) is 4.39 Å². The third-order valence-electron chi connectivity index (χ3n) is 3.46. The fraction of sp³-hybridized carbons (Fsp3) is 0.294. The number of rotatable bonds is 6. The summed E-state index contributed by atoms with van der Waals surface area (Å²) >= 11 is 3.13. The molecular formula is C17H17BrFNO. The van der Waals surface area contributed by atoms with E-state index in [1.807, 2.05) is 12.1 Å². The van der Waals surface area contributed by atoms with E-state index in [2.05, 4.69) is 33.4 Å². The monoisotopic (exact) mass is 349 g/mol. The lowest BCUT2D eigenvalue weighted by atomic mass is 10.1. The van der Waals surface area contributed by atoms with E-state index >= 15 is 0 Å². The zero-order valence-corrected chi connectivity index (χ0v) is 13.2. The molecule has 2 aromatic rings. The summed E-state index contributed by atoms with van der Waals surface area (Å²) in [6.07, 6.45) is 2.58. The maximum absolute atomic E-state index is 13.4. The van der Waals surface area contributed by atoms with Gasteiger partial charge in [-0.1, -0.05) is 24.3 Å². The first-order chi connectivity index (χ1) is 10.2. The van der Waals surface area contributed by atoms with Crippen molar-refractivity contribution in [1.82, 2.24) is 5.32 Å². The van der Waals surface area contributed by atoms with E-state index in [-0.39, 0.29) is 5.82 Å². The van der Waals surface area contributed by atoms with E-state index in [0.29, 0.717) is 22.9 Å². The quantitative estimate of drug-likeness (QED) is 0.833. The summed E-state index contributed by atoms with van der Waals surface area (Å²) in [5, 5.41) is 3.49. The molecule has 2 nitrogen and oxygen atoms in total. The van der Waals surface area contributed by atoms with Gasteiger partial charge in [-0.2, -0.15) is 0 Å². The Balaban J connectivity index is 1.58. The predicted octanol–water partition coefficient (Wildman–Crippen LogP) is 4.42. The predicted molar refractivity (Wildman–Crippen MR) is 84.7 cm³/mol. The molecule has 21 heavy (non-hydrogen) atoms. The molecule has 0 amide bonds. The normalized spacial score (nSPS) is 14.2. The van der Waals surface area contributed by atoms with Crippen LogP contribution in [-0.2, 0) is 13.2 Å². The van der Waals surface area contributed by atoms with Gasteiger partial charge in [-0.3, -0.25) is 0 Å². The van der Waals surface area contributed by atoms with Crippen LogP contribution in [0.15, 0.2) is 46.9 Å². The van der Waals surface area contributed by atoms with Gasteiger partial charge in [-0.25, -0.2) is 4.39 Å². The summed E-state index contributed by atoms with van der Waals surface area (Å²) in [7, 11) is 0. The molecule has 2 aromatic carbocycles. The molecule has 1 fully saturated rings. The van der Waals surface area contributed by atoms with E-state index in [4.69, 9.17) is 4.74 Å². The smallest absolute Gasteiger partial charge is 0.141 e. The Labute approximate surface area is 132 Å². The Bertz CT molecular complexity index is 628. The molecule has 4 heteroatoms. The topological polar surface area (TPSA) is 21.3 Å². The van der Waals surface area contributed by atoms with Crippen LogP contribution >= 0.6 is 15.9 Å². The van der Waals surface area contributed by atoms with Gasteiger partial charge in [-0.15, -0.1) is 0 Å². The van der Waals surface area contributed by atoms with Crippen LogP contribution in [0.5, 0.6) is 5.75 Å². The molecular weight excluding hydrogens is 333 g/mol. The van der Waals surface area contributed by atoms with Crippen LogP contribution in [0.1, 0.15) is 24.0 Å². The molecule has 0 aliphatic heterocycles. The van der Waals surface area contributed by atoms with Gasteiger partial charge in [0.1, 0.15) is 18.2 Å². The Morgan fingerprint density at radius 2 is 1.95 bits per heavy atom. The average Bonchev–Trinajstić information content (AvgIpc) is 3.31. The summed E-state index contributed by atoms with van der Waals surface area (Å²) in [4.78, 5) is 0. The van der Waals surface area contributed by atoms with Crippen LogP contribution in [0, 0.1) is 5.82 Å². The molecule has 0 heterocycles. The minimum absolute atomic E-state index is 0.310. The molecule has 0 aromatic heterocycles. The number of benzene rings is 2. The van der Waals surface area contributed by atoms with Crippen molar-refractivity contribution < 1.29 is 9.13 Å². The van der Waals surface area contributed by atoms with Gasteiger partial charge in [-0.05, 0) is 52.0 Å². The standard InChI is InChI=1S/C17H17BrFNO/c18-16-7-6-15(9-17(16)19)21-11-13-3-1-2-12(8-13)10-20-14-4-5-14/h1-3,6-9,14,20H,4-5,10-11H2. The SMILES string of the molecule is Fc1cc(OCc2cccc(CNC3CC3)c2)ccc1Br. The zero-order chi connectivity index (χ0) is 14.7. The number of hydrogen-bond acceptors (Lipinski definition) is 2. The van der Waals surface area contributed by atoms with Crippen LogP contribution in [0.4, 0.5) is 4.39 Å². The fourth-order valence-corrected chi connectivity index (χ4v) is 2.36. The van der Waals surface area contributed by atoms with E-state index < -0.39 is 0 Å². The van der Waals surface area contributed by atoms with Crippen molar-refractivity contribution in [2.45, 2.75) is 32.0 Å². The molecule has 1 aliphatic rings. The Morgan fingerprint density at radius 1 is 1.14 bits per heavy atom. The van der Waals surface area contributed by atoms with Gasteiger partial charge in [0, 0.05) is 18.7 Å². The van der Waals surface area contributed by atoms with Crippen molar-refractivity contribution in [3.8, 4) is 5.75 Å². The number of nitrogens with one attached hydrogen (secondary N) is 1. The second kappa shape index (κ2) is 6.58. The van der Waals surface area contributed by atoms with Crippen LogP contribution in [-0.4, -0.2) is 6.04 Å². The number of hydrogen-bond donors (Lipinski definition) is 1. The highest BCUT2D eigenvalue weighted by molar-refractivity contribution is 9.10. The third kappa shape index (κ3) is 4.29. The van der Waals surface area contributed by atoms with Gasteiger partial charge >= 0.3 is 0 Å². The molecule has 1 saturated carbocycles. The second-order valence-corrected chi connectivity index (χ2v) is 6.19. The van der Waals surface area contributed by atoms with Crippen molar-refractivity contribution in [3.63, 3.8) is 0 Å². The number of halogens is 2. The highest BCUT2D eigenvalue weighted by Crippen LogP contribution is 2.22. The Hall–Kier alpha value is -1.39. The van der Waals surface area contributed by atoms with Crippen molar-refractivity contribution in [1.29, 1.82) is 0 Å². The minimum atomic E-state index is -0.310. The molecule has 0 unspecified atom stereocenters. The van der Waals surface area contributed by atoms with E-state index in [1.54, 1.807) is 12.1 Å². The molecule has 0 saturated heterocycles. The van der Waals surface area contributed by atoms with E-state index in [1.165, 1.54) is 24.5 Å². The van der Waals surface area contributed by atoms with Crippen LogP contribution in [0.2, 0.25) is 0 Å². The summed E-state index contributed by atoms with van der Waals surface area (Å²) < 4.78 is 19.5. The van der Waals surface area contributed by atoms with Crippen molar-refractivity contribution >= 4 is 15.9 Å². The summed E-state index contributed by atoms with van der Waals surface area (Å²) in [6.45, 7) is 1.34. The maximum atomic E-state index is 13.4. The zero-order valence-electron chi connectivity index (χ0n) is 11.6. The third-order valence-corrected chi connectivity index (χ3v) is 4.10. The first-order valence-electron chi connectivity index (χ1n) is 7.10. The van der Waals surface area contributed by atoms with Gasteiger partial charge in [0.05, 0.1) is 4.47 Å². The van der Waals surface area contributed by atoms with Gasteiger partial charge < -0.3 is 10.1 Å². The summed E-state index contributed by atoms with van der Waals surface area (Å²) in [5.41, 5.74) is 2.35. The largest absolute Gasteiger partial charge is 0.489 e. The van der Waals surface area contributed by atoms with Gasteiger partial charge in [0.2, 0.25) is 0 Å².